The predicted molar refractivity (Wildman–Crippen MR) is 88.9 cm³/mol. The van der Waals surface area contributed by atoms with Crippen LogP contribution in [0.3, 0.4) is 0 Å². The number of thiazole rings is 1. The van der Waals surface area contributed by atoms with Gasteiger partial charge in [0.05, 0.1) is 5.69 Å². The van der Waals surface area contributed by atoms with Crippen molar-refractivity contribution in [3.63, 3.8) is 0 Å². The molecule has 5 nitrogen and oxygen atoms in total. The molecule has 0 bridgehead atoms. The molecule has 1 atom stereocenters. The molecule has 1 amide bonds. The second-order valence-electron chi connectivity index (χ2n) is 5.90. The van der Waals surface area contributed by atoms with Crippen LogP contribution in [0.15, 0.2) is 18.5 Å². The summed E-state index contributed by atoms with van der Waals surface area (Å²) in [5, 5.41) is 0.686. The minimum absolute atomic E-state index is 0.0188. The molecule has 0 aliphatic heterocycles. The molecule has 0 unspecified atom stereocenters. The van der Waals surface area contributed by atoms with E-state index in [-0.39, 0.29) is 11.9 Å². The van der Waals surface area contributed by atoms with Crippen LogP contribution in [-0.2, 0) is 0 Å². The average molecular weight is 318 g/mol. The zero-order valence-electron chi connectivity index (χ0n) is 13.7. The normalized spacial score (nSPS) is 12.5. The Morgan fingerprint density at radius 1 is 1.27 bits per heavy atom. The van der Waals surface area contributed by atoms with Gasteiger partial charge in [0.2, 0.25) is 0 Å². The molecule has 0 fully saturated rings. The molecule has 0 aliphatic carbocycles. The molecule has 0 aromatic carbocycles. The number of nitrogens with zero attached hydrogens (tertiary/aromatic N) is 4. The Bertz CT molecular complexity index is 639. The maximum absolute atomic E-state index is 12.7. The topological polar surface area (TPSA) is 59.0 Å². The fourth-order valence-electron chi connectivity index (χ4n) is 2.30. The van der Waals surface area contributed by atoms with Crippen LogP contribution in [-0.4, -0.2) is 38.8 Å². The van der Waals surface area contributed by atoms with Crippen molar-refractivity contribution in [2.75, 3.05) is 7.05 Å². The summed E-state index contributed by atoms with van der Waals surface area (Å²) < 4.78 is 0. The van der Waals surface area contributed by atoms with Gasteiger partial charge in [-0.2, -0.15) is 0 Å². The number of amides is 1. The first kappa shape index (κ1) is 16.5. The second-order valence-corrected chi connectivity index (χ2v) is 6.90. The minimum atomic E-state index is 0.0188. The van der Waals surface area contributed by atoms with Gasteiger partial charge < -0.3 is 4.90 Å². The minimum Gasteiger partial charge on any atom is -0.338 e. The third-order valence-electron chi connectivity index (χ3n) is 3.54. The number of carbonyl (C=O) groups is 1. The van der Waals surface area contributed by atoms with Crippen LogP contribution in [0.4, 0.5) is 0 Å². The Hall–Kier alpha value is -1.82. The molecule has 0 N–H and O–H groups in total. The highest BCUT2D eigenvalue weighted by atomic mass is 32.1. The summed E-state index contributed by atoms with van der Waals surface area (Å²) in [7, 11) is 1.85. The highest BCUT2D eigenvalue weighted by molar-refractivity contribution is 7.17. The SMILES string of the molecule is Cc1nc(-c2ncccn2)sc1C(=O)N(C)[C@@H](C)CC(C)C. The molecule has 6 heteroatoms. The van der Waals surface area contributed by atoms with E-state index in [1.54, 1.807) is 23.4 Å². The molecule has 0 spiro atoms. The first-order valence-electron chi connectivity index (χ1n) is 7.42. The molecule has 2 rings (SSSR count). The lowest BCUT2D eigenvalue weighted by Crippen LogP contribution is -2.35. The van der Waals surface area contributed by atoms with E-state index in [1.165, 1.54) is 11.3 Å². The molecule has 2 aromatic heterocycles. The fourth-order valence-corrected chi connectivity index (χ4v) is 3.30. The van der Waals surface area contributed by atoms with Crippen molar-refractivity contribution in [2.24, 2.45) is 5.92 Å². The predicted octanol–water partition coefficient (Wildman–Crippen LogP) is 3.42. The summed E-state index contributed by atoms with van der Waals surface area (Å²) in [6.07, 6.45) is 4.34. The van der Waals surface area contributed by atoms with Gasteiger partial charge in [0.25, 0.3) is 5.91 Å². The summed E-state index contributed by atoms with van der Waals surface area (Å²) in [6, 6.07) is 1.96. The van der Waals surface area contributed by atoms with Crippen LogP contribution in [0.25, 0.3) is 10.8 Å². The van der Waals surface area contributed by atoms with Gasteiger partial charge in [-0.25, -0.2) is 15.0 Å². The van der Waals surface area contributed by atoms with Crippen molar-refractivity contribution in [3.05, 3.63) is 29.0 Å². The standard InChI is InChI=1S/C16H22N4OS/c1-10(2)9-11(3)20(5)16(21)13-12(4)19-15(22-13)14-17-7-6-8-18-14/h6-8,10-11H,9H2,1-5H3/t11-/m0/s1. The molecule has 0 saturated carbocycles. The second kappa shape index (κ2) is 6.96. The molecule has 0 radical (unpaired) electrons. The van der Waals surface area contributed by atoms with Gasteiger partial charge in [0, 0.05) is 25.5 Å². The van der Waals surface area contributed by atoms with E-state index < -0.39 is 0 Å². The number of carbonyl (C=O) groups excluding carboxylic acids is 1. The smallest absolute Gasteiger partial charge is 0.265 e. The van der Waals surface area contributed by atoms with Gasteiger partial charge in [0.1, 0.15) is 4.88 Å². The largest absolute Gasteiger partial charge is 0.338 e. The van der Waals surface area contributed by atoms with Crippen molar-refractivity contribution < 1.29 is 4.79 Å². The zero-order chi connectivity index (χ0) is 16.3. The Labute approximate surface area is 135 Å². The summed E-state index contributed by atoms with van der Waals surface area (Å²) in [5.41, 5.74) is 0.737. The lowest BCUT2D eigenvalue weighted by atomic mass is 10.0. The van der Waals surface area contributed by atoms with Crippen LogP contribution in [0.2, 0.25) is 0 Å². The van der Waals surface area contributed by atoms with Gasteiger partial charge >= 0.3 is 0 Å². The summed E-state index contributed by atoms with van der Waals surface area (Å²) in [5.74, 6) is 1.14. The van der Waals surface area contributed by atoms with E-state index in [4.69, 9.17) is 0 Å². The quantitative estimate of drug-likeness (QED) is 0.847. The molecule has 22 heavy (non-hydrogen) atoms. The van der Waals surface area contributed by atoms with E-state index in [1.807, 2.05) is 14.0 Å². The van der Waals surface area contributed by atoms with Crippen molar-refractivity contribution in [2.45, 2.75) is 40.2 Å². The Morgan fingerprint density at radius 3 is 2.50 bits per heavy atom. The van der Waals surface area contributed by atoms with Crippen molar-refractivity contribution in [1.82, 2.24) is 19.9 Å². The maximum Gasteiger partial charge on any atom is 0.265 e. The van der Waals surface area contributed by atoms with E-state index in [0.29, 0.717) is 21.6 Å². The fraction of sp³-hybridized carbons (Fsp3) is 0.500. The van der Waals surface area contributed by atoms with Gasteiger partial charge in [-0.3, -0.25) is 4.79 Å². The van der Waals surface area contributed by atoms with Crippen LogP contribution in [0.1, 0.15) is 42.6 Å². The first-order valence-corrected chi connectivity index (χ1v) is 8.23. The van der Waals surface area contributed by atoms with E-state index in [0.717, 1.165) is 12.1 Å². The third kappa shape index (κ3) is 3.68. The highest BCUT2D eigenvalue weighted by Gasteiger charge is 2.23. The summed E-state index contributed by atoms with van der Waals surface area (Å²) >= 11 is 1.36. The monoisotopic (exact) mass is 318 g/mol. The molecular weight excluding hydrogens is 296 g/mol. The lowest BCUT2D eigenvalue weighted by Gasteiger charge is -2.26. The molecule has 2 aromatic rings. The van der Waals surface area contributed by atoms with Gasteiger partial charge in [-0.15, -0.1) is 11.3 Å². The maximum atomic E-state index is 12.7. The van der Waals surface area contributed by atoms with Gasteiger partial charge in [-0.05, 0) is 32.3 Å². The zero-order valence-corrected chi connectivity index (χ0v) is 14.5. The van der Waals surface area contributed by atoms with Crippen LogP contribution in [0.5, 0.6) is 0 Å². The van der Waals surface area contributed by atoms with E-state index in [9.17, 15) is 4.79 Å². The first-order chi connectivity index (χ1) is 10.4. The van der Waals surface area contributed by atoms with Crippen LogP contribution < -0.4 is 0 Å². The molecule has 0 aliphatic rings. The molecule has 0 saturated heterocycles. The lowest BCUT2D eigenvalue weighted by molar-refractivity contribution is 0.0732. The van der Waals surface area contributed by atoms with Crippen molar-refractivity contribution >= 4 is 17.2 Å². The Balaban J connectivity index is 2.22. The average Bonchev–Trinajstić information content (AvgIpc) is 2.88. The number of rotatable bonds is 5. The van der Waals surface area contributed by atoms with Crippen LogP contribution in [0, 0.1) is 12.8 Å². The van der Waals surface area contributed by atoms with E-state index in [2.05, 4.69) is 35.7 Å². The van der Waals surface area contributed by atoms with Gasteiger partial charge in [-0.1, -0.05) is 13.8 Å². The number of aromatic nitrogens is 3. The summed E-state index contributed by atoms with van der Waals surface area (Å²) in [6.45, 7) is 8.27. The molecule has 2 heterocycles. The Morgan fingerprint density at radius 2 is 1.91 bits per heavy atom. The summed E-state index contributed by atoms with van der Waals surface area (Å²) in [4.78, 5) is 28.0. The van der Waals surface area contributed by atoms with Crippen LogP contribution >= 0.6 is 11.3 Å². The molecular formula is C16H22N4OS. The molecule has 118 valence electrons. The Kier molecular flexibility index (Phi) is 5.24. The highest BCUT2D eigenvalue weighted by Crippen LogP contribution is 2.27. The van der Waals surface area contributed by atoms with Crippen molar-refractivity contribution in [1.29, 1.82) is 0 Å². The van der Waals surface area contributed by atoms with E-state index >= 15 is 0 Å². The van der Waals surface area contributed by atoms with Gasteiger partial charge in [0.15, 0.2) is 10.8 Å². The number of hydrogen-bond donors (Lipinski definition) is 0. The third-order valence-corrected chi connectivity index (χ3v) is 4.68. The number of hydrogen-bond acceptors (Lipinski definition) is 5. The number of aryl methyl sites for hydroxylation is 1. The van der Waals surface area contributed by atoms with Crippen molar-refractivity contribution in [3.8, 4) is 10.8 Å².